The van der Waals surface area contributed by atoms with E-state index >= 15 is 0 Å². The highest BCUT2D eigenvalue weighted by atomic mass is 16.5. The molecule has 1 aromatic heterocycles. The minimum Gasteiger partial charge on any atom is -0.472 e. The molecule has 24 heavy (non-hydrogen) atoms. The van der Waals surface area contributed by atoms with Crippen LogP contribution >= 0.6 is 0 Å². The van der Waals surface area contributed by atoms with Gasteiger partial charge in [0.15, 0.2) is 0 Å². The normalized spacial score (nSPS) is 16.8. The highest BCUT2D eigenvalue weighted by Gasteiger charge is 2.18. The van der Waals surface area contributed by atoms with Gasteiger partial charge in [-0.25, -0.2) is 4.98 Å². The van der Waals surface area contributed by atoms with Gasteiger partial charge in [-0.3, -0.25) is 4.79 Å². The molecule has 2 heterocycles. The van der Waals surface area contributed by atoms with E-state index in [4.69, 9.17) is 9.47 Å². The summed E-state index contributed by atoms with van der Waals surface area (Å²) in [5.74, 6) is 0.375. The third-order valence-electron chi connectivity index (χ3n) is 3.94. The van der Waals surface area contributed by atoms with Gasteiger partial charge in [0.2, 0.25) is 5.88 Å². The number of nitrogens with zero attached hydrogens (tertiary/aromatic N) is 1. The van der Waals surface area contributed by atoms with E-state index < -0.39 is 0 Å². The molecule has 0 radical (unpaired) electrons. The second-order valence-corrected chi connectivity index (χ2v) is 5.83. The summed E-state index contributed by atoms with van der Waals surface area (Å²) in [7, 11) is 0. The number of nitrogens with one attached hydrogen (secondary N) is 1. The average Bonchev–Trinajstić information content (AvgIpc) is 3.13. The lowest BCUT2D eigenvalue weighted by atomic mass is 10.1. The lowest BCUT2D eigenvalue weighted by Gasteiger charge is -2.11. The monoisotopic (exact) mass is 326 g/mol. The Hall–Kier alpha value is -2.40. The third-order valence-corrected chi connectivity index (χ3v) is 3.94. The zero-order valence-corrected chi connectivity index (χ0v) is 13.6. The number of benzene rings is 1. The van der Waals surface area contributed by atoms with E-state index in [1.165, 1.54) is 5.56 Å². The van der Waals surface area contributed by atoms with Crippen molar-refractivity contribution in [2.45, 2.75) is 25.4 Å². The minimum absolute atomic E-state index is 0.0293. The molecular formula is C19H22N2O3. The van der Waals surface area contributed by atoms with Crippen LogP contribution in [-0.4, -0.2) is 36.8 Å². The van der Waals surface area contributed by atoms with Crippen molar-refractivity contribution in [1.29, 1.82) is 0 Å². The van der Waals surface area contributed by atoms with E-state index in [1.807, 2.05) is 18.2 Å². The van der Waals surface area contributed by atoms with Crippen LogP contribution in [0.2, 0.25) is 0 Å². The van der Waals surface area contributed by atoms with E-state index in [2.05, 4.69) is 22.4 Å². The van der Waals surface area contributed by atoms with Crippen LogP contribution in [0.25, 0.3) is 0 Å². The first-order chi connectivity index (χ1) is 11.8. The molecule has 1 unspecified atom stereocenters. The molecule has 0 aliphatic carbocycles. The van der Waals surface area contributed by atoms with Gasteiger partial charge in [0, 0.05) is 30.8 Å². The first-order valence-electron chi connectivity index (χ1n) is 8.34. The molecule has 1 aromatic carbocycles. The molecule has 1 aliphatic rings. The predicted octanol–water partition coefficient (Wildman–Crippen LogP) is 2.61. The maximum Gasteiger partial charge on any atom is 0.251 e. The number of aryl methyl sites for hydroxylation is 1. The van der Waals surface area contributed by atoms with Gasteiger partial charge in [-0.15, -0.1) is 0 Å². The maximum atomic E-state index is 12.2. The largest absolute Gasteiger partial charge is 0.472 e. The first kappa shape index (κ1) is 16.5. The summed E-state index contributed by atoms with van der Waals surface area (Å²) in [6.07, 6.45) is 4.35. The van der Waals surface area contributed by atoms with Gasteiger partial charge >= 0.3 is 0 Å². The van der Waals surface area contributed by atoms with Crippen molar-refractivity contribution in [3.8, 4) is 5.88 Å². The number of carbonyl (C=O) groups excluding carboxylic acids is 1. The summed E-state index contributed by atoms with van der Waals surface area (Å²) >= 11 is 0. The van der Waals surface area contributed by atoms with Crippen molar-refractivity contribution >= 4 is 5.91 Å². The summed E-state index contributed by atoms with van der Waals surface area (Å²) in [5.41, 5.74) is 1.85. The lowest BCUT2D eigenvalue weighted by molar-refractivity contribution is 0.0951. The number of ether oxygens (including phenoxy) is 2. The summed E-state index contributed by atoms with van der Waals surface area (Å²) in [5, 5.41) is 2.94. The Kier molecular flexibility index (Phi) is 5.80. The number of hydrogen-bond acceptors (Lipinski definition) is 4. The van der Waals surface area contributed by atoms with Crippen molar-refractivity contribution in [3.05, 3.63) is 59.8 Å². The van der Waals surface area contributed by atoms with E-state index in [1.54, 1.807) is 18.3 Å². The fourth-order valence-electron chi connectivity index (χ4n) is 2.63. The fourth-order valence-corrected chi connectivity index (χ4v) is 2.63. The van der Waals surface area contributed by atoms with Crippen LogP contribution in [0.15, 0.2) is 48.7 Å². The van der Waals surface area contributed by atoms with E-state index in [0.717, 1.165) is 19.3 Å². The molecule has 5 heteroatoms. The fraction of sp³-hybridized carbons (Fsp3) is 0.368. The van der Waals surface area contributed by atoms with Crippen LogP contribution in [0.5, 0.6) is 5.88 Å². The van der Waals surface area contributed by atoms with Crippen molar-refractivity contribution < 1.29 is 14.3 Å². The quantitative estimate of drug-likeness (QED) is 0.795. The van der Waals surface area contributed by atoms with Crippen LogP contribution < -0.4 is 10.1 Å². The maximum absolute atomic E-state index is 12.2. The lowest BCUT2D eigenvalue weighted by Crippen LogP contribution is -2.25. The zero-order chi connectivity index (χ0) is 16.6. The van der Waals surface area contributed by atoms with Gasteiger partial charge in [0.25, 0.3) is 5.91 Å². The summed E-state index contributed by atoms with van der Waals surface area (Å²) in [6.45, 7) is 1.94. The van der Waals surface area contributed by atoms with Gasteiger partial charge in [-0.2, -0.15) is 0 Å². The molecule has 1 saturated heterocycles. The topological polar surface area (TPSA) is 60.5 Å². The molecule has 5 nitrogen and oxygen atoms in total. The van der Waals surface area contributed by atoms with Gasteiger partial charge in [0.05, 0.1) is 13.2 Å². The molecule has 2 aromatic rings. The minimum atomic E-state index is -0.0991. The highest BCUT2D eigenvalue weighted by Crippen LogP contribution is 2.15. The number of amides is 1. The van der Waals surface area contributed by atoms with Crippen molar-refractivity contribution in [3.63, 3.8) is 0 Å². The SMILES string of the molecule is O=C(NCCCc1ccccc1)c1ccnc(OC2CCOC2)c1. The van der Waals surface area contributed by atoms with Crippen LogP contribution in [0.3, 0.4) is 0 Å². The zero-order valence-electron chi connectivity index (χ0n) is 13.6. The molecule has 1 N–H and O–H groups in total. The molecule has 0 spiro atoms. The van der Waals surface area contributed by atoms with Gasteiger partial charge in [0.1, 0.15) is 6.10 Å². The van der Waals surface area contributed by atoms with Crippen LogP contribution in [0.1, 0.15) is 28.8 Å². The number of pyridine rings is 1. The second kappa shape index (κ2) is 8.45. The Morgan fingerprint density at radius 3 is 2.96 bits per heavy atom. The molecule has 126 valence electrons. The molecule has 1 amide bonds. The highest BCUT2D eigenvalue weighted by molar-refractivity contribution is 5.94. The predicted molar refractivity (Wildman–Crippen MR) is 91.2 cm³/mol. The first-order valence-corrected chi connectivity index (χ1v) is 8.34. The summed E-state index contributed by atoms with van der Waals surface area (Å²) in [6, 6.07) is 13.6. The van der Waals surface area contributed by atoms with Gasteiger partial charge in [-0.05, 0) is 24.5 Å². The standard InChI is InChI=1S/C19H22N2O3/c22-19(21-10-4-7-15-5-2-1-3-6-15)16-8-11-20-18(13-16)24-17-9-12-23-14-17/h1-3,5-6,8,11,13,17H,4,7,9-10,12,14H2,(H,21,22). The number of hydrogen-bond donors (Lipinski definition) is 1. The Labute approximate surface area is 142 Å². The van der Waals surface area contributed by atoms with Crippen LogP contribution in [0.4, 0.5) is 0 Å². The van der Waals surface area contributed by atoms with Crippen LogP contribution in [0, 0.1) is 0 Å². The van der Waals surface area contributed by atoms with Gasteiger partial charge < -0.3 is 14.8 Å². The summed E-state index contributed by atoms with van der Waals surface area (Å²) < 4.78 is 11.0. The number of carbonyl (C=O) groups is 1. The van der Waals surface area contributed by atoms with E-state index in [9.17, 15) is 4.79 Å². The third kappa shape index (κ3) is 4.80. The Balaban J connectivity index is 1.46. The molecule has 0 saturated carbocycles. The second-order valence-electron chi connectivity index (χ2n) is 5.83. The summed E-state index contributed by atoms with van der Waals surface area (Å²) in [4.78, 5) is 16.4. The van der Waals surface area contributed by atoms with E-state index in [-0.39, 0.29) is 12.0 Å². The van der Waals surface area contributed by atoms with Crippen molar-refractivity contribution in [2.75, 3.05) is 19.8 Å². The number of rotatable bonds is 7. The van der Waals surface area contributed by atoms with Crippen molar-refractivity contribution in [2.24, 2.45) is 0 Å². The molecule has 0 bridgehead atoms. The number of aromatic nitrogens is 1. The molecular weight excluding hydrogens is 304 g/mol. The molecule has 1 aliphatic heterocycles. The smallest absolute Gasteiger partial charge is 0.251 e. The Morgan fingerprint density at radius 1 is 1.29 bits per heavy atom. The molecule has 3 rings (SSSR count). The van der Waals surface area contributed by atoms with E-state index in [0.29, 0.717) is 31.2 Å². The average molecular weight is 326 g/mol. The molecule has 1 atom stereocenters. The van der Waals surface area contributed by atoms with Crippen molar-refractivity contribution in [1.82, 2.24) is 10.3 Å². The Morgan fingerprint density at radius 2 is 2.17 bits per heavy atom. The van der Waals surface area contributed by atoms with Gasteiger partial charge in [-0.1, -0.05) is 30.3 Å². The van der Waals surface area contributed by atoms with Crippen LogP contribution in [-0.2, 0) is 11.2 Å². The Bertz CT molecular complexity index is 655. The molecule has 1 fully saturated rings.